The molecule has 0 aliphatic heterocycles. The number of phenols is 1. The van der Waals surface area contributed by atoms with Crippen molar-refractivity contribution in [3.63, 3.8) is 0 Å². The lowest BCUT2D eigenvalue weighted by Gasteiger charge is -2.06. The van der Waals surface area contributed by atoms with E-state index < -0.39 is 0 Å². The normalized spacial score (nSPS) is 11.1. The summed E-state index contributed by atoms with van der Waals surface area (Å²) in [4.78, 5) is 8.71. The molecule has 0 spiro atoms. The van der Waals surface area contributed by atoms with Gasteiger partial charge in [0.15, 0.2) is 11.5 Å². The van der Waals surface area contributed by atoms with Crippen LogP contribution in [0.25, 0.3) is 22.5 Å². The van der Waals surface area contributed by atoms with E-state index in [1.165, 1.54) is 0 Å². The van der Waals surface area contributed by atoms with Gasteiger partial charge in [0.1, 0.15) is 16.7 Å². The summed E-state index contributed by atoms with van der Waals surface area (Å²) in [7, 11) is 0. The van der Waals surface area contributed by atoms with E-state index in [1.807, 2.05) is 0 Å². The molecule has 4 nitrogen and oxygen atoms in total. The molecule has 0 unspecified atom stereocenters. The molecule has 0 aliphatic carbocycles. The topological polar surface area (TPSA) is 59.2 Å². The Kier molecular flexibility index (Phi) is 3.36. The van der Waals surface area contributed by atoms with Crippen LogP contribution in [0, 0.1) is 0 Å². The molecule has 0 saturated carbocycles. The molecule has 1 aromatic carbocycles. The van der Waals surface area contributed by atoms with Gasteiger partial charge in [0.2, 0.25) is 0 Å². The second-order valence-corrected chi connectivity index (χ2v) is 6.30. The molecule has 0 aliphatic rings. The van der Waals surface area contributed by atoms with Crippen LogP contribution in [-0.2, 0) is 0 Å². The third-order valence-electron chi connectivity index (χ3n) is 2.55. The first kappa shape index (κ1) is 13.1. The standard InChI is InChI=1S/C12H5Br3N2O2/c13-5-1-2-19-12(5)8-4-16-10-9(17-8)6(14)3-7(15)11(10)18/h1-4,18H. The number of aromatic hydroxyl groups is 1. The van der Waals surface area contributed by atoms with Crippen LogP contribution in [0.15, 0.2) is 42.4 Å². The minimum Gasteiger partial charge on any atom is -0.504 e. The molecule has 0 bridgehead atoms. The van der Waals surface area contributed by atoms with E-state index in [2.05, 4.69) is 57.8 Å². The van der Waals surface area contributed by atoms with Gasteiger partial charge in [-0.05, 0) is 59.9 Å². The lowest BCUT2D eigenvalue weighted by atomic mass is 10.2. The Balaban J connectivity index is 2.30. The molecule has 0 amide bonds. The lowest BCUT2D eigenvalue weighted by Crippen LogP contribution is -1.90. The van der Waals surface area contributed by atoms with E-state index >= 15 is 0 Å². The Labute approximate surface area is 133 Å². The summed E-state index contributed by atoms with van der Waals surface area (Å²) < 4.78 is 7.46. The molecule has 0 atom stereocenters. The average Bonchev–Trinajstić information content (AvgIpc) is 2.82. The molecule has 0 fully saturated rings. The number of fused-ring (bicyclic) bond motifs is 1. The Morgan fingerprint density at radius 1 is 1.05 bits per heavy atom. The van der Waals surface area contributed by atoms with Gasteiger partial charge in [-0.3, -0.25) is 0 Å². The maximum Gasteiger partial charge on any atom is 0.167 e. The maximum absolute atomic E-state index is 9.96. The third-order valence-corrected chi connectivity index (χ3v) is 4.39. The van der Waals surface area contributed by atoms with Crippen molar-refractivity contribution in [1.82, 2.24) is 9.97 Å². The first-order valence-corrected chi connectivity index (χ1v) is 7.53. The molecule has 7 heteroatoms. The predicted molar refractivity (Wildman–Crippen MR) is 82.0 cm³/mol. The van der Waals surface area contributed by atoms with Crippen molar-refractivity contribution in [3.05, 3.63) is 38.0 Å². The molecule has 2 aromatic heterocycles. The zero-order valence-electron chi connectivity index (χ0n) is 9.19. The highest BCUT2D eigenvalue weighted by molar-refractivity contribution is 9.11. The Morgan fingerprint density at radius 2 is 1.84 bits per heavy atom. The SMILES string of the molecule is Oc1c(Br)cc(Br)c2nc(-c3occc3Br)cnc12. The van der Waals surface area contributed by atoms with E-state index in [-0.39, 0.29) is 5.75 Å². The maximum atomic E-state index is 9.96. The van der Waals surface area contributed by atoms with Gasteiger partial charge in [0, 0.05) is 4.47 Å². The van der Waals surface area contributed by atoms with Gasteiger partial charge in [0.25, 0.3) is 0 Å². The van der Waals surface area contributed by atoms with Crippen molar-refractivity contribution in [2.24, 2.45) is 0 Å². The van der Waals surface area contributed by atoms with E-state index in [0.717, 1.165) is 8.95 Å². The zero-order chi connectivity index (χ0) is 13.6. The predicted octanol–water partition coefficient (Wildman–Crippen LogP) is 4.88. The fourth-order valence-electron chi connectivity index (χ4n) is 1.68. The number of phenolic OH excluding ortho intramolecular Hbond substituents is 1. The molecule has 3 rings (SSSR count). The lowest BCUT2D eigenvalue weighted by molar-refractivity contribution is 0.477. The molecule has 96 valence electrons. The summed E-state index contributed by atoms with van der Waals surface area (Å²) in [6, 6.07) is 3.52. The second-order valence-electron chi connectivity index (χ2n) is 3.74. The van der Waals surface area contributed by atoms with Crippen molar-refractivity contribution in [2.75, 3.05) is 0 Å². The number of rotatable bonds is 1. The molecule has 19 heavy (non-hydrogen) atoms. The fraction of sp³-hybridized carbons (Fsp3) is 0. The van der Waals surface area contributed by atoms with Crippen LogP contribution in [0.2, 0.25) is 0 Å². The number of hydrogen-bond donors (Lipinski definition) is 1. The summed E-state index contributed by atoms with van der Waals surface area (Å²) in [5.74, 6) is 0.666. The van der Waals surface area contributed by atoms with Crippen LogP contribution in [0.3, 0.4) is 0 Å². The summed E-state index contributed by atoms with van der Waals surface area (Å²) in [5, 5.41) is 9.96. The van der Waals surface area contributed by atoms with Crippen molar-refractivity contribution in [3.8, 4) is 17.2 Å². The largest absolute Gasteiger partial charge is 0.504 e. The van der Waals surface area contributed by atoms with Crippen LogP contribution in [0.5, 0.6) is 5.75 Å². The van der Waals surface area contributed by atoms with Crippen molar-refractivity contribution in [2.45, 2.75) is 0 Å². The Hall–Kier alpha value is -0.920. The highest BCUT2D eigenvalue weighted by atomic mass is 79.9. The smallest absolute Gasteiger partial charge is 0.167 e. The molecule has 2 heterocycles. The van der Waals surface area contributed by atoms with Gasteiger partial charge in [-0.1, -0.05) is 0 Å². The van der Waals surface area contributed by atoms with E-state index in [9.17, 15) is 5.11 Å². The summed E-state index contributed by atoms with van der Waals surface area (Å²) in [5.41, 5.74) is 1.58. The van der Waals surface area contributed by atoms with Gasteiger partial charge in [-0.25, -0.2) is 9.97 Å². The van der Waals surface area contributed by atoms with Crippen LogP contribution in [0.4, 0.5) is 0 Å². The van der Waals surface area contributed by atoms with Gasteiger partial charge < -0.3 is 9.52 Å². The number of benzene rings is 1. The Bertz CT molecular complexity index is 786. The van der Waals surface area contributed by atoms with Gasteiger partial charge in [0.05, 0.1) is 21.4 Å². The third kappa shape index (κ3) is 2.19. The molecular formula is C12H5Br3N2O2. The first-order valence-electron chi connectivity index (χ1n) is 5.15. The minimum atomic E-state index is 0.0655. The highest BCUT2D eigenvalue weighted by Gasteiger charge is 2.15. The number of furan rings is 1. The van der Waals surface area contributed by atoms with Gasteiger partial charge in [-0.15, -0.1) is 0 Å². The quantitative estimate of drug-likeness (QED) is 0.576. The number of nitrogens with zero attached hydrogens (tertiary/aromatic N) is 2. The molecule has 3 aromatic rings. The van der Waals surface area contributed by atoms with Crippen LogP contribution in [0.1, 0.15) is 0 Å². The van der Waals surface area contributed by atoms with E-state index in [4.69, 9.17) is 4.42 Å². The van der Waals surface area contributed by atoms with Crippen LogP contribution >= 0.6 is 47.8 Å². The monoisotopic (exact) mass is 446 g/mol. The van der Waals surface area contributed by atoms with Crippen molar-refractivity contribution >= 4 is 58.8 Å². The Morgan fingerprint density at radius 3 is 2.53 bits per heavy atom. The van der Waals surface area contributed by atoms with Crippen LogP contribution in [-0.4, -0.2) is 15.1 Å². The van der Waals surface area contributed by atoms with Crippen molar-refractivity contribution in [1.29, 1.82) is 0 Å². The van der Waals surface area contributed by atoms with E-state index in [1.54, 1.807) is 24.6 Å². The summed E-state index contributed by atoms with van der Waals surface area (Å²) in [6.07, 6.45) is 3.13. The van der Waals surface area contributed by atoms with Crippen LogP contribution < -0.4 is 0 Å². The number of aromatic nitrogens is 2. The van der Waals surface area contributed by atoms with E-state index in [0.29, 0.717) is 27.0 Å². The molecular weight excluding hydrogens is 444 g/mol. The molecule has 0 radical (unpaired) electrons. The summed E-state index contributed by atoms with van der Waals surface area (Å²) >= 11 is 10.1. The average molecular weight is 449 g/mol. The fourth-order valence-corrected chi connectivity index (χ4v) is 3.31. The first-order chi connectivity index (χ1) is 9.08. The zero-order valence-corrected chi connectivity index (χ0v) is 14.0. The number of halogens is 3. The molecule has 0 saturated heterocycles. The number of hydrogen-bond acceptors (Lipinski definition) is 4. The highest BCUT2D eigenvalue weighted by Crippen LogP contribution is 2.37. The van der Waals surface area contributed by atoms with Gasteiger partial charge >= 0.3 is 0 Å². The molecule has 1 N–H and O–H groups in total. The summed E-state index contributed by atoms with van der Waals surface area (Å²) in [6.45, 7) is 0. The van der Waals surface area contributed by atoms with Gasteiger partial charge in [-0.2, -0.15) is 0 Å². The van der Waals surface area contributed by atoms with Crippen molar-refractivity contribution < 1.29 is 9.52 Å². The second kappa shape index (κ2) is 4.88. The minimum absolute atomic E-state index is 0.0655.